The molecule has 0 aliphatic rings. The Bertz CT molecular complexity index is 659. The molecule has 0 saturated carbocycles. The maximum Gasteiger partial charge on any atom is 0.260 e. The van der Waals surface area contributed by atoms with Gasteiger partial charge in [0.25, 0.3) is 10.0 Å². The van der Waals surface area contributed by atoms with Crippen LogP contribution in [-0.4, -0.2) is 19.9 Å². The van der Waals surface area contributed by atoms with Crippen LogP contribution >= 0.6 is 0 Å². The van der Waals surface area contributed by atoms with Crippen molar-refractivity contribution in [2.45, 2.75) is 11.4 Å². The van der Waals surface area contributed by atoms with Crippen molar-refractivity contribution in [1.29, 1.82) is 0 Å². The summed E-state index contributed by atoms with van der Waals surface area (Å²) in [6.07, 6.45) is 2.02. The molecule has 4 N–H and O–H groups in total. The summed E-state index contributed by atoms with van der Waals surface area (Å²) in [5, 5.41) is -0.101. The van der Waals surface area contributed by atoms with E-state index in [0.29, 0.717) is 13.0 Å². The van der Waals surface area contributed by atoms with Crippen molar-refractivity contribution in [2.24, 2.45) is 5.84 Å². The van der Waals surface area contributed by atoms with Gasteiger partial charge in [-0.05, 0) is 24.1 Å². The standard InChI is InChI=1S/C13H16N4O2S/c14-17-12-7-4-9-15-13(12)20(18,19)16-10-8-11-5-2-1-3-6-11/h1-7,9,16-17H,8,10,14H2. The number of rotatable bonds is 6. The van der Waals surface area contributed by atoms with Gasteiger partial charge in [-0.25, -0.2) is 18.1 Å². The molecule has 0 atom stereocenters. The van der Waals surface area contributed by atoms with Gasteiger partial charge < -0.3 is 5.43 Å². The lowest BCUT2D eigenvalue weighted by molar-refractivity contribution is 0.578. The van der Waals surface area contributed by atoms with E-state index >= 15 is 0 Å². The van der Waals surface area contributed by atoms with Gasteiger partial charge in [-0.1, -0.05) is 30.3 Å². The molecule has 6 nitrogen and oxygen atoms in total. The number of nitrogens with two attached hydrogens (primary N) is 1. The van der Waals surface area contributed by atoms with Crippen molar-refractivity contribution in [3.63, 3.8) is 0 Å². The van der Waals surface area contributed by atoms with Gasteiger partial charge in [-0.2, -0.15) is 0 Å². The van der Waals surface area contributed by atoms with E-state index < -0.39 is 10.0 Å². The lowest BCUT2D eigenvalue weighted by atomic mass is 10.2. The summed E-state index contributed by atoms with van der Waals surface area (Å²) in [5.41, 5.74) is 3.66. The third-order valence-corrected chi connectivity index (χ3v) is 4.15. The Kier molecular flexibility index (Phi) is 4.67. The van der Waals surface area contributed by atoms with Crippen molar-refractivity contribution < 1.29 is 8.42 Å². The van der Waals surface area contributed by atoms with E-state index in [-0.39, 0.29) is 10.7 Å². The molecule has 20 heavy (non-hydrogen) atoms. The van der Waals surface area contributed by atoms with Gasteiger partial charge >= 0.3 is 0 Å². The summed E-state index contributed by atoms with van der Waals surface area (Å²) in [6, 6.07) is 12.8. The predicted molar refractivity (Wildman–Crippen MR) is 77.4 cm³/mol. The van der Waals surface area contributed by atoms with Crippen molar-refractivity contribution in [3.05, 3.63) is 54.2 Å². The lowest BCUT2D eigenvalue weighted by Gasteiger charge is -2.09. The van der Waals surface area contributed by atoms with Crippen molar-refractivity contribution in [2.75, 3.05) is 12.0 Å². The van der Waals surface area contributed by atoms with Gasteiger partial charge in [0, 0.05) is 12.7 Å². The van der Waals surface area contributed by atoms with E-state index in [2.05, 4.69) is 15.1 Å². The van der Waals surface area contributed by atoms with Crippen LogP contribution in [0.4, 0.5) is 5.69 Å². The molecule has 0 radical (unpaired) electrons. The Hall–Kier alpha value is -1.96. The van der Waals surface area contributed by atoms with Gasteiger partial charge in [0.15, 0.2) is 5.03 Å². The Morgan fingerprint density at radius 1 is 1.10 bits per heavy atom. The number of hydrazine groups is 1. The molecule has 0 aliphatic heterocycles. The monoisotopic (exact) mass is 292 g/mol. The van der Waals surface area contributed by atoms with Crippen LogP contribution in [-0.2, 0) is 16.4 Å². The van der Waals surface area contributed by atoms with E-state index in [1.165, 1.54) is 6.20 Å². The first-order valence-corrected chi connectivity index (χ1v) is 7.57. The summed E-state index contributed by atoms with van der Waals surface area (Å²) in [5.74, 6) is 5.28. The van der Waals surface area contributed by atoms with Crippen LogP contribution in [0, 0.1) is 0 Å². The molecule has 2 aromatic rings. The zero-order valence-electron chi connectivity index (χ0n) is 10.8. The largest absolute Gasteiger partial charge is 0.321 e. The molecule has 7 heteroatoms. The second kappa shape index (κ2) is 6.47. The molecule has 0 saturated heterocycles. The van der Waals surface area contributed by atoms with Crippen LogP contribution in [0.2, 0.25) is 0 Å². The highest BCUT2D eigenvalue weighted by molar-refractivity contribution is 7.89. The number of nitrogen functional groups attached to an aromatic ring is 1. The van der Waals surface area contributed by atoms with Crippen LogP contribution in [0.15, 0.2) is 53.7 Å². The number of pyridine rings is 1. The first-order chi connectivity index (χ1) is 9.63. The molecule has 0 amide bonds. The molecule has 0 spiro atoms. The zero-order valence-corrected chi connectivity index (χ0v) is 11.6. The van der Waals surface area contributed by atoms with Gasteiger partial charge in [-0.15, -0.1) is 0 Å². The quantitative estimate of drug-likeness (QED) is 0.542. The fourth-order valence-electron chi connectivity index (χ4n) is 1.76. The molecule has 1 aromatic heterocycles. The number of nitrogens with one attached hydrogen (secondary N) is 2. The van der Waals surface area contributed by atoms with E-state index in [4.69, 9.17) is 5.84 Å². The highest BCUT2D eigenvalue weighted by Crippen LogP contribution is 2.16. The van der Waals surface area contributed by atoms with Crippen LogP contribution in [0.25, 0.3) is 0 Å². The van der Waals surface area contributed by atoms with Crippen molar-refractivity contribution >= 4 is 15.7 Å². The number of sulfonamides is 1. The van der Waals surface area contributed by atoms with Gasteiger partial charge in [-0.3, -0.25) is 5.84 Å². The number of hydrogen-bond acceptors (Lipinski definition) is 5. The fraction of sp³-hybridized carbons (Fsp3) is 0.154. The number of benzene rings is 1. The Morgan fingerprint density at radius 3 is 2.55 bits per heavy atom. The Balaban J connectivity index is 2.04. The van der Waals surface area contributed by atoms with Gasteiger partial charge in [0.2, 0.25) is 0 Å². The van der Waals surface area contributed by atoms with Gasteiger partial charge in [0.1, 0.15) is 0 Å². The summed E-state index contributed by atoms with van der Waals surface area (Å²) in [4.78, 5) is 3.85. The van der Waals surface area contributed by atoms with Gasteiger partial charge in [0.05, 0.1) is 5.69 Å². The van der Waals surface area contributed by atoms with E-state index in [9.17, 15) is 8.42 Å². The first-order valence-electron chi connectivity index (χ1n) is 6.09. The second-order valence-corrected chi connectivity index (χ2v) is 5.82. The minimum absolute atomic E-state index is 0.101. The Labute approximate surface area is 118 Å². The SMILES string of the molecule is NNc1cccnc1S(=O)(=O)NCCc1ccccc1. The number of nitrogens with zero attached hydrogens (tertiary/aromatic N) is 1. The zero-order chi connectivity index (χ0) is 14.4. The summed E-state index contributed by atoms with van der Waals surface area (Å²) < 4.78 is 26.8. The van der Waals surface area contributed by atoms with Crippen LogP contribution in [0.1, 0.15) is 5.56 Å². The third-order valence-electron chi connectivity index (χ3n) is 2.73. The number of anilines is 1. The molecule has 0 fully saturated rings. The maximum atomic E-state index is 12.1. The molecule has 0 aliphatic carbocycles. The van der Waals surface area contributed by atoms with Crippen LogP contribution in [0.3, 0.4) is 0 Å². The maximum absolute atomic E-state index is 12.1. The number of hydrogen-bond donors (Lipinski definition) is 3. The lowest BCUT2D eigenvalue weighted by Crippen LogP contribution is -2.28. The molecule has 106 valence electrons. The summed E-state index contributed by atoms with van der Waals surface area (Å²) in [7, 11) is -3.68. The first kappa shape index (κ1) is 14.4. The van der Waals surface area contributed by atoms with E-state index in [0.717, 1.165) is 5.56 Å². The molecule has 1 heterocycles. The predicted octanol–water partition coefficient (Wildman–Crippen LogP) is 0.888. The van der Waals surface area contributed by atoms with Crippen molar-refractivity contribution in [3.8, 4) is 0 Å². The van der Waals surface area contributed by atoms with E-state index in [1.54, 1.807) is 12.1 Å². The summed E-state index contributed by atoms with van der Waals surface area (Å²) in [6.45, 7) is 0.299. The second-order valence-electron chi connectivity index (χ2n) is 4.13. The minimum atomic E-state index is -3.68. The smallest absolute Gasteiger partial charge is 0.260 e. The topological polar surface area (TPSA) is 97.1 Å². The molecular weight excluding hydrogens is 276 g/mol. The molecule has 1 aromatic carbocycles. The fourth-order valence-corrected chi connectivity index (χ4v) is 2.88. The van der Waals surface area contributed by atoms with E-state index in [1.807, 2.05) is 30.3 Å². The highest BCUT2D eigenvalue weighted by Gasteiger charge is 2.18. The molecule has 0 unspecified atom stereocenters. The van der Waals surface area contributed by atoms with Crippen molar-refractivity contribution in [1.82, 2.24) is 9.71 Å². The molecular formula is C13H16N4O2S. The molecule has 0 bridgehead atoms. The Morgan fingerprint density at radius 2 is 1.85 bits per heavy atom. The minimum Gasteiger partial charge on any atom is -0.321 e. The summed E-state index contributed by atoms with van der Waals surface area (Å²) >= 11 is 0. The normalized spacial score (nSPS) is 11.2. The number of aromatic nitrogens is 1. The third kappa shape index (κ3) is 3.53. The average Bonchev–Trinajstić information content (AvgIpc) is 2.48. The molecule has 2 rings (SSSR count). The van der Waals surface area contributed by atoms with Crippen LogP contribution < -0.4 is 16.0 Å². The highest BCUT2D eigenvalue weighted by atomic mass is 32.2. The average molecular weight is 292 g/mol. The van der Waals surface area contributed by atoms with Crippen LogP contribution in [0.5, 0.6) is 0 Å².